The molecular formula is C25H27F4N7O2S. The molecule has 9 nitrogen and oxygen atoms in total. The number of anilines is 2. The van der Waals surface area contributed by atoms with Crippen LogP contribution in [0.5, 0.6) is 5.88 Å². The zero-order valence-corrected chi connectivity index (χ0v) is 22.2. The van der Waals surface area contributed by atoms with Gasteiger partial charge < -0.3 is 25.6 Å². The SMILES string of the molecule is CNC(=O)c1ccc(NCC#Cc2nc3c(N[C@@H]4CCN(C)C[C@@H]4F)cccn3c2SC(F)(F)F)c(OC)n1. The summed E-state index contributed by atoms with van der Waals surface area (Å²) in [4.78, 5) is 22.2. The molecule has 3 N–H and O–H groups in total. The molecule has 0 aromatic carbocycles. The molecule has 0 saturated carbocycles. The van der Waals surface area contributed by atoms with Gasteiger partial charge in [0.25, 0.3) is 5.91 Å². The van der Waals surface area contributed by atoms with Crippen LogP contribution in [0.1, 0.15) is 22.6 Å². The number of fused-ring (bicyclic) bond motifs is 1. The van der Waals surface area contributed by atoms with Crippen molar-refractivity contribution in [1.29, 1.82) is 0 Å². The van der Waals surface area contributed by atoms with Gasteiger partial charge in [0.15, 0.2) is 5.65 Å². The van der Waals surface area contributed by atoms with E-state index in [0.717, 1.165) is 0 Å². The van der Waals surface area contributed by atoms with Gasteiger partial charge >= 0.3 is 5.51 Å². The van der Waals surface area contributed by atoms with E-state index in [1.54, 1.807) is 18.2 Å². The van der Waals surface area contributed by atoms with Crippen LogP contribution in [0, 0.1) is 11.8 Å². The third-order valence-corrected chi connectivity index (χ3v) is 6.81. The Morgan fingerprint density at radius 1 is 1.26 bits per heavy atom. The van der Waals surface area contributed by atoms with Crippen molar-refractivity contribution in [3.63, 3.8) is 0 Å². The van der Waals surface area contributed by atoms with Gasteiger partial charge in [-0.25, -0.2) is 14.4 Å². The molecule has 4 heterocycles. The minimum Gasteiger partial charge on any atom is -0.480 e. The number of nitrogens with one attached hydrogen (secondary N) is 3. The lowest BCUT2D eigenvalue weighted by Gasteiger charge is -2.33. The van der Waals surface area contributed by atoms with E-state index in [-0.39, 0.29) is 58.7 Å². The van der Waals surface area contributed by atoms with Crippen LogP contribution in [0.25, 0.3) is 5.65 Å². The fourth-order valence-electron chi connectivity index (χ4n) is 4.12. The summed E-state index contributed by atoms with van der Waals surface area (Å²) in [6, 6.07) is 5.85. The molecule has 0 aliphatic carbocycles. The van der Waals surface area contributed by atoms with E-state index in [2.05, 4.69) is 37.8 Å². The number of rotatable bonds is 7. The van der Waals surface area contributed by atoms with Gasteiger partial charge in [0, 0.05) is 38.1 Å². The molecule has 1 fully saturated rings. The number of piperidine rings is 1. The second kappa shape index (κ2) is 12.0. The summed E-state index contributed by atoms with van der Waals surface area (Å²) in [5.74, 6) is 5.28. The van der Waals surface area contributed by atoms with Gasteiger partial charge in [-0.15, -0.1) is 0 Å². The first-order valence-electron chi connectivity index (χ1n) is 12.0. The summed E-state index contributed by atoms with van der Waals surface area (Å²) in [6.07, 6.45) is 0.881. The number of halogens is 4. The first kappa shape index (κ1) is 28.3. The Balaban J connectivity index is 1.59. The van der Waals surface area contributed by atoms with E-state index in [1.807, 2.05) is 11.9 Å². The lowest BCUT2D eigenvalue weighted by atomic mass is 10.0. The maximum Gasteiger partial charge on any atom is 0.447 e. The molecule has 3 aromatic rings. The van der Waals surface area contributed by atoms with Gasteiger partial charge in [-0.2, -0.15) is 13.2 Å². The standard InChI is InChI=1S/C25H27F4N7O2S/c1-30-22(37)18-8-9-19(23(34-18)38-3)31-11-4-6-20-24(39-25(27,28)29)36-12-5-7-17(21(36)33-20)32-16-10-13-35(2)14-15(16)26/h5,7-9,12,15-16,31-32H,10-11,13-14H2,1-3H3,(H,30,37)/t15-,16+/m0/s1. The highest BCUT2D eigenvalue weighted by Crippen LogP contribution is 2.39. The molecule has 4 rings (SSSR count). The quantitative estimate of drug-likeness (QED) is 0.227. The van der Waals surface area contributed by atoms with Crippen LogP contribution in [0.2, 0.25) is 0 Å². The van der Waals surface area contributed by atoms with Crippen molar-refractivity contribution in [3.8, 4) is 17.7 Å². The highest BCUT2D eigenvalue weighted by molar-refractivity contribution is 8.00. The summed E-state index contributed by atoms with van der Waals surface area (Å²) in [5, 5.41) is 8.39. The summed E-state index contributed by atoms with van der Waals surface area (Å²) in [7, 11) is 4.71. The summed E-state index contributed by atoms with van der Waals surface area (Å²) in [6.45, 7) is 0.998. The first-order chi connectivity index (χ1) is 18.6. The molecule has 39 heavy (non-hydrogen) atoms. The number of likely N-dealkylation sites (tertiary alicyclic amines) is 1. The molecule has 1 amide bonds. The Morgan fingerprint density at radius 3 is 2.74 bits per heavy atom. The van der Waals surface area contributed by atoms with E-state index in [9.17, 15) is 22.4 Å². The monoisotopic (exact) mass is 565 g/mol. The second-order valence-corrected chi connectivity index (χ2v) is 9.79. The average molecular weight is 566 g/mol. The molecule has 1 aliphatic rings. The van der Waals surface area contributed by atoms with Gasteiger partial charge in [0.05, 0.1) is 31.1 Å². The lowest BCUT2D eigenvalue weighted by Crippen LogP contribution is -2.46. The van der Waals surface area contributed by atoms with E-state index in [0.29, 0.717) is 24.3 Å². The zero-order valence-electron chi connectivity index (χ0n) is 21.4. The average Bonchev–Trinajstić information content (AvgIpc) is 3.24. The third kappa shape index (κ3) is 6.85. The van der Waals surface area contributed by atoms with Crippen molar-refractivity contribution in [2.24, 2.45) is 0 Å². The van der Waals surface area contributed by atoms with E-state index >= 15 is 0 Å². The maximum absolute atomic E-state index is 14.6. The van der Waals surface area contributed by atoms with Crippen LogP contribution in [0.15, 0.2) is 35.5 Å². The fraction of sp³-hybridized carbons (Fsp3) is 0.400. The molecule has 3 aromatic heterocycles. The number of nitrogens with zero attached hydrogens (tertiary/aromatic N) is 4. The molecule has 0 bridgehead atoms. The van der Waals surface area contributed by atoms with Crippen LogP contribution in [-0.4, -0.2) is 83.7 Å². The summed E-state index contributed by atoms with van der Waals surface area (Å²) >= 11 is -0.313. The number of aromatic nitrogens is 3. The highest BCUT2D eigenvalue weighted by Gasteiger charge is 2.33. The van der Waals surface area contributed by atoms with Crippen molar-refractivity contribution >= 4 is 34.7 Å². The number of imidazole rings is 1. The van der Waals surface area contributed by atoms with Crippen LogP contribution >= 0.6 is 11.8 Å². The zero-order chi connectivity index (χ0) is 28.2. The topological polar surface area (TPSA) is 95.8 Å². The molecule has 208 valence electrons. The maximum atomic E-state index is 14.6. The Labute approximate surface area is 226 Å². The number of thioether (sulfide) groups is 1. The van der Waals surface area contributed by atoms with Crippen molar-refractivity contribution in [3.05, 3.63) is 41.9 Å². The Hall–Kier alpha value is -3.70. The number of pyridine rings is 2. The van der Waals surface area contributed by atoms with Crippen molar-refractivity contribution in [2.45, 2.75) is 29.2 Å². The number of hydrogen-bond donors (Lipinski definition) is 3. The Morgan fingerprint density at radius 2 is 2.05 bits per heavy atom. The first-order valence-corrected chi connectivity index (χ1v) is 12.8. The Kier molecular flexibility index (Phi) is 8.71. The minimum absolute atomic E-state index is 0.0333. The van der Waals surface area contributed by atoms with Crippen LogP contribution < -0.4 is 20.7 Å². The van der Waals surface area contributed by atoms with Crippen LogP contribution in [0.3, 0.4) is 0 Å². The van der Waals surface area contributed by atoms with Crippen molar-refractivity contribution in [1.82, 2.24) is 24.6 Å². The van der Waals surface area contributed by atoms with Gasteiger partial charge in [-0.05, 0) is 43.7 Å². The number of hydrogen-bond acceptors (Lipinski definition) is 8. The number of amides is 1. The smallest absolute Gasteiger partial charge is 0.447 e. The van der Waals surface area contributed by atoms with Crippen LogP contribution in [-0.2, 0) is 0 Å². The second-order valence-electron chi connectivity index (χ2n) is 8.73. The number of alkyl halides is 4. The fourth-order valence-corrected chi connectivity index (χ4v) is 4.78. The largest absolute Gasteiger partial charge is 0.480 e. The van der Waals surface area contributed by atoms with E-state index < -0.39 is 17.7 Å². The van der Waals surface area contributed by atoms with Gasteiger partial charge in [-0.3, -0.25) is 9.20 Å². The molecule has 2 atom stereocenters. The predicted molar refractivity (Wildman–Crippen MR) is 141 cm³/mol. The molecule has 0 radical (unpaired) electrons. The minimum atomic E-state index is -4.57. The van der Waals surface area contributed by atoms with E-state index in [1.165, 1.54) is 30.8 Å². The van der Waals surface area contributed by atoms with Crippen molar-refractivity contribution in [2.75, 3.05) is 51.5 Å². The van der Waals surface area contributed by atoms with Gasteiger partial charge in [0.1, 0.15) is 22.6 Å². The van der Waals surface area contributed by atoms with Gasteiger partial charge in [0.2, 0.25) is 5.88 Å². The lowest BCUT2D eigenvalue weighted by molar-refractivity contribution is -0.0330. The van der Waals surface area contributed by atoms with Crippen molar-refractivity contribution < 1.29 is 27.1 Å². The molecule has 0 unspecified atom stereocenters. The number of carbonyl (C=O) groups excluding carboxylic acids is 1. The highest BCUT2D eigenvalue weighted by atomic mass is 32.2. The summed E-state index contributed by atoms with van der Waals surface area (Å²) in [5.41, 5.74) is -3.37. The molecule has 0 spiro atoms. The van der Waals surface area contributed by atoms with Gasteiger partial charge in [-0.1, -0.05) is 5.92 Å². The third-order valence-electron chi connectivity index (χ3n) is 5.99. The van der Waals surface area contributed by atoms with E-state index in [4.69, 9.17) is 4.74 Å². The van der Waals surface area contributed by atoms with Crippen LogP contribution in [0.4, 0.5) is 28.9 Å². The summed E-state index contributed by atoms with van der Waals surface area (Å²) < 4.78 is 61.5. The normalized spacial score (nSPS) is 17.8. The number of ether oxygens (including phenoxy) is 1. The number of carbonyl (C=O) groups is 1. The predicted octanol–water partition coefficient (Wildman–Crippen LogP) is 3.63. The molecule has 14 heteroatoms. The molecular weight excluding hydrogens is 538 g/mol. The Bertz CT molecular complexity index is 1400. The molecule has 1 saturated heterocycles. The molecule has 1 aliphatic heterocycles. The number of methoxy groups -OCH3 is 1.